The number of nitrogens with zero attached hydrogens (tertiary/aromatic N) is 7. The summed E-state index contributed by atoms with van der Waals surface area (Å²) < 4.78 is 60.2. The summed E-state index contributed by atoms with van der Waals surface area (Å²) in [5.41, 5.74) is 1.73. The number of fused-ring (bicyclic) bond motifs is 3. The number of β-amino-alcohol motifs (C(OH)–C–C–N with tert-alkyl or cyclic N) is 1. The first-order chi connectivity index (χ1) is 24.2. The molecule has 50 heavy (non-hydrogen) atoms. The van der Waals surface area contributed by atoms with Crippen molar-refractivity contribution in [2.75, 3.05) is 51.0 Å². The summed E-state index contributed by atoms with van der Waals surface area (Å²) in [7, 11) is 0. The smallest absolute Gasteiger partial charge is 0.319 e. The molecular formula is C37H46F3N7O3. The topological polar surface area (TPSA) is 102 Å². The summed E-state index contributed by atoms with van der Waals surface area (Å²) in [6.07, 6.45) is 9.70. The standard InChI is InChI=1S/C37H46F3N7O3/c1-3-8-25-23(2)15-28-26(18-42-47(28)29-9-4-5-14-49-29)30(25)33-31(40)32-27(17-41-33)34(45-12-7-11-37(48,20-38)21-45)44-35(43-32)50-22-36-10-6-13-46(36)19-24(39)16-36/h15,17-18,24,29,48H,3-14,16,19-22H2,1-2H3/t24-,29?,36+,37+/m1/s1. The first-order valence-electron chi connectivity index (χ1n) is 18.3. The van der Waals surface area contributed by atoms with Crippen molar-refractivity contribution in [3.8, 4) is 17.3 Å². The predicted octanol–water partition coefficient (Wildman–Crippen LogP) is 6.40. The first kappa shape index (κ1) is 33.6. The van der Waals surface area contributed by atoms with Gasteiger partial charge in [0.25, 0.3) is 0 Å². The lowest BCUT2D eigenvalue weighted by molar-refractivity contribution is -0.0366. The molecule has 0 aliphatic carbocycles. The zero-order valence-electron chi connectivity index (χ0n) is 28.9. The summed E-state index contributed by atoms with van der Waals surface area (Å²) >= 11 is 0. The molecule has 13 heteroatoms. The monoisotopic (exact) mass is 693 g/mol. The molecule has 3 aromatic heterocycles. The van der Waals surface area contributed by atoms with Gasteiger partial charge in [-0.25, -0.2) is 17.9 Å². The number of anilines is 1. The molecule has 0 spiro atoms. The molecule has 1 unspecified atom stereocenters. The molecule has 4 fully saturated rings. The Morgan fingerprint density at radius 3 is 2.76 bits per heavy atom. The number of aryl methyl sites for hydroxylation is 1. The minimum atomic E-state index is -1.55. The van der Waals surface area contributed by atoms with Crippen LogP contribution in [0.5, 0.6) is 6.01 Å². The number of hydrogen-bond donors (Lipinski definition) is 1. The number of benzene rings is 1. The maximum atomic E-state index is 17.3. The second-order valence-corrected chi connectivity index (χ2v) is 14.9. The minimum absolute atomic E-state index is 0.0127. The number of halogens is 3. The number of pyridine rings is 1. The number of alkyl halides is 2. The second-order valence-electron chi connectivity index (χ2n) is 14.9. The number of hydrogen-bond acceptors (Lipinski definition) is 9. The Kier molecular flexibility index (Phi) is 8.87. The summed E-state index contributed by atoms with van der Waals surface area (Å²) in [6.45, 7) is 5.73. The molecule has 0 amide bonds. The van der Waals surface area contributed by atoms with Crippen molar-refractivity contribution in [3.63, 3.8) is 0 Å². The van der Waals surface area contributed by atoms with Crippen LogP contribution in [0.15, 0.2) is 18.5 Å². The van der Waals surface area contributed by atoms with Gasteiger partial charge in [0.15, 0.2) is 12.0 Å². The van der Waals surface area contributed by atoms with Gasteiger partial charge in [-0.2, -0.15) is 15.1 Å². The summed E-state index contributed by atoms with van der Waals surface area (Å²) in [5.74, 6) is -0.291. The van der Waals surface area contributed by atoms with E-state index in [0.29, 0.717) is 62.1 Å². The maximum absolute atomic E-state index is 17.3. The molecule has 1 N–H and O–H groups in total. The van der Waals surface area contributed by atoms with E-state index < -0.39 is 29.8 Å². The van der Waals surface area contributed by atoms with Crippen molar-refractivity contribution in [3.05, 3.63) is 35.4 Å². The predicted molar refractivity (Wildman–Crippen MR) is 185 cm³/mol. The van der Waals surface area contributed by atoms with Gasteiger partial charge < -0.3 is 19.5 Å². The molecule has 4 aromatic rings. The highest BCUT2D eigenvalue weighted by Gasteiger charge is 2.49. The highest BCUT2D eigenvalue weighted by atomic mass is 19.1. The lowest BCUT2D eigenvalue weighted by Crippen LogP contribution is -2.50. The van der Waals surface area contributed by atoms with Gasteiger partial charge in [0.2, 0.25) is 0 Å². The molecule has 4 aliphatic heterocycles. The van der Waals surface area contributed by atoms with Crippen LogP contribution in [-0.4, -0.2) is 98.1 Å². The number of rotatable bonds is 9. The van der Waals surface area contributed by atoms with Gasteiger partial charge in [-0.15, -0.1) is 0 Å². The van der Waals surface area contributed by atoms with Gasteiger partial charge >= 0.3 is 6.01 Å². The van der Waals surface area contributed by atoms with E-state index in [2.05, 4.69) is 22.9 Å². The van der Waals surface area contributed by atoms with E-state index in [0.717, 1.165) is 67.1 Å². The third-order valence-corrected chi connectivity index (χ3v) is 11.4. The molecule has 7 heterocycles. The zero-order valence-corrected chi connectivity index (χ0v) is 28.9. The number of aliphatic hydroxyl groups is 1. The Hall–Kier alpha value is -3.55. The van der Waals surface area contributed by atoms with E-state index in [1.165, 1.54) is 0 Å². The van der Waals surface area contributed by atoms with Gasteiger partial charge in [-0.05, 0) is 82.0 Å². The van der Waals surface area contributed by atoms with Crippen LogP contribution in [-0.2, 0) is 11.2 Å². The van der Waals surface area contributed by atoms with E-state index in [1.807, 2.05) is 11.6 Å². The van der Waals surface area contributed by atoms with Crippen LogP contribution in [0, 0.1) is 12.7 Å². The Balaban J connectivity index is 1.27. The Bertz CT molecular complexity index is 1900. The summed E-state index contributed by atoms with van der Waals surface area (Å²) in [6, 6.07) is 2.07. The van der Waals surface area contributed by atoms with Gasteiger partial charge in [0.05, 0.1) is 29.2 Å². The van der Waals surface area contributed by atoms with E-state index >= 15 is 4.39 Å². The van der Waals surface area contributed by atoms with Crippen molar-refractivity contribution >= 4 is 27.6 Å². The molecule has 1 aromatic carbocycles. The van der Waals surface area contributed by atoms with Crippen molar-refractivity contribution < 1.29 is 27.8 Å². The molecule has 268 valence electrons. The highest BCUT2D eigenvalue weighted by Crippen LogP contribution is 2.42. The van der Waals surface area contributed by atoms with Gasteiger partial charge in [-0.3, -0.25) is 9.88 Å². The van der Waals surface area contributed by atoms with Crippen LogP contribution >= 0.6 is 0 Å². The first-order valence-corrected chi connectivity index (χ1v) is 18.3. The molecule has 10 nitrogen and oxygen atoms in total. The Morgan fingerprint density at radius 2 is 1.96 bits per heavy atom. The normalized spacial score (nSPS) is 27.4. The van der Waals surface area contributed by atoms with Crippen molar-refractivity contribution in [1.29, 1.82) is 0 Å². The maximum Gasteiger partial charge on any atom is 0.319 e. The molecule has 4 saturated heterocycles. The summed E-state index contributed by atoms with van der Waals surface area (Å²) in [4.78, 5) is 18.1. The Morgan fingerprint density at radius 1 is 1.10 bits per heavy atom. The molecule has 0 radical (unpaired) electrons. The minimum Gasteiger partial charge on any atom is -0.461 e. The van der Waals surface area contributed by atoms with Crippen LogP contribution in [0.1, 0.15) is 82.1 Å². The fourth-order valence-electron chi connectivity index (χ4n) is 8.90. The van der Waals surface area contributed by atoms with Gasteiger partial charge in [0, 0.05) is 43.3 Å². The van der Waals surface area contributed by atoms with Crippen LogP contribution in [0.4, 0.5) is 19.0 Å². The van der Waals surface area contributed by atoms with Crippen LogP contribution in [0.2, 0.25) is 0 Å². The average molecular weight is 694 g/mol. The quantitative estimate of drug-likeness (QED) is 0.214. The van der Waals surface area contributed by atoms with Crippen LogP contribution in [0.3, 0.4) is 0 Å². The van der Waals surface area contributed by atoms with Gasteiger partial charge in [0.1, 0.15) is 42.1 Å². The SMILES string of the molecule is CCCc1c(C)cc2c(cnn2C2CCCCO2)c1-c1ncc2c(N3CCC[C@](O)(CF)C3)nc(OC[C@@]34CCCN3C[C@H](F)C4)nc2c1F. The largest absolute Gasteiger partial charge is 0.461 e. The fraction of sp³-hybridized carbons (Fsp3) is 0.622. The van der Waals surface area contributed by atoms with E-state index in [9.17, 15) is 13.9 Å². The van der Waals surface area contributed by atoms with Crippen molar-refractivity contribution in [2.45, 2.75) is 102 Å². The average Bonchev–Trinajstić information content (AvgIpc) is 3.80. The molecular weight excluding hydrogens is 647 g/mol. The van der Waals surface area contributed by atoms with Crippen LogP contribution < -0.4 is 9.64 Å². The molecule has 8 rings (SSSR count). The molecule has 0 saturated carbocycles. The number of piperidine rings is 1. The number of ether oxygens (including phenoxy) is 2. The zero-order chi connectivity index (χ0) is 34.6. The molecule has 4 atom stereocenters. The summed E-state index contributed by atoms with van der Waals surface area (Å²) in [5, 5.41) is 16.8. The van der Waals surface area contributed by atoms with E-state index in [4.69, 9.17) is 24.5 Å². The fourth-order valence-corrected chi connectivity index (χ4v) is 8.90. The van der Waals surface area contributed by atoms with E-state index in [-0.39, 0.29) is 36.6 Å². The highest BCUT2D eigenvalue weighted by molar-refractivity contribution is 5.99. The lowest BCUT2D eigenvalue weighted by atomic mass is 9.92. The Labute approximate surface area is 290 Å². The number of aromatic nitrogens is 5. The van der Waals surface area contributed by atoms with Crippen molar-refractivity contribution in [1.82, 2.24) is 29.6 Å². The molecule has 4 aliphatic rings. The van der Waals surface area contributed by atoms with Gasteiger partial charge in [-0.1, -0.05) is 13.3 Å². The van der Waals surface area contributed by atoms with E-state index in [1.54, 1.807) is 17.3 Å². The second kappa shape index (κ2) is 13.2. The third-order valence-electron chi connectivity index (χ3n) is 11.4. The lowest BCUT2D eigenvalue weighted by Gasteiger charge is -2.38. The molecule has 0 bridgehead atoms. The van der Waals surface area contributed by atoms with Crippen LogP contribution in [0.25, 0.3) is 33.1 Å². The third kappa shape index (κ3) is 5.78. The van der Waals surface area contributed by atoms with Crippen molar-refractivity contribution in [2.24, 2.45) is 0 Å².